The molecule has 74 valence electrons. The molecule has 1 heterocycles. The zero-order valence-corrected chi connectivity index (χ0v) is 9.08. The summed E-state index contributed by atoms with van der Waals surface area (Å²) in [5, 5.41) is 7.60. The monoisotopic (exact) mass is 199 g/mol. The number of thiazole rings is 1. The van der Waals surface area contributed by atoms with E-state index in [0.29, 0.717) is 0 Å². The third-order valence-electron chi connectivity index (χ3n) is 1.78. The van der Waals surface area contributed by atoms with Gasteiger partial charge in [0.05, 0.1) is 0 Å². The highest BCUT2D eigenvalue weighted by Gasteiger charge is 1.98. The molecule has 0 spiro atoms. The van der Waals surface area contributed by atoms with Gasteiger partial charge in [-0.1, -0.05) is 6.92 Å². The van der Waals surface area contributed by atoms with E-state index >= 15 is 0 Å². The molecule has 0 bridgehead atoms. The van der Waals surface area contributed by atoms with Gasteiger partial charge in [-0.15, -0.1) is 11.3 Å². The number of hydrogen-bond acceptors (Lipinski definition) is 4. The molecule has 0 aliphatic carbocycles. The molecule has 0 amide bonds. The number of nitrogens with zero attached hydrogens (tertiary/aromatic N) is 1. The normalized spacial score (nSPS) is 10.6. The molecule has 0 aliphatic rings. The number of aryl methyl sites for hydroxylation is 1. The van der Waals surface area contributed by atoms with Crippen LogP contribution in [0.4, 0.5) is 0 Å². The van der Waals surface area contributed by atoms with Crippen molar-refractivity contribution in [2.45, 2.75) is 19.9 Å². The topological polar surface area (TPSA) is 37.0 Å². The first-order valence-corrected chi connectivity index (χ1v) is 5.47. The molecule has 0 aromatic carbocycles. The summed E-state index contributed by atoms with van der Waals surface area (Å²) in [6.07, 6.45) is 3.06. The van der Waals surface area contributed by atoms with Crippen LogP contribution >= 0.6 is 11.3 Å². The van der Waals surface area contributed by atoms with E-state index < -0.39 is 0 Å². The van der Waals surface area contributed by atoms with Crippen molar-refractivity contribution in [3.8, 4) is 0 Å². The Balaban J connectivity index is 2.20. The fourth-order valence-electron chi connectivity index (χ4n) is 1.00. The Hall–Kier alpha value is -0.450. The maximum absolute atomic E-state index is 4.32. The molecular formula is C9H17N3S. The van der Waals surface area contributed by atoms with Gasteiger partial charge in [0.25, 0.3) is 0 Å². The van der Waals surface area contributed by atoms with Crippen LogP contribution in [0.25, 0.3) is 0 Å². The van der Waals surface area contributed by atoms with Crippen molar-refractivity contribution < 1.29 is 0 Å². The molecule has 0 saturated heterocycles. The minimum atomic E-state index is 0.895. The molecule has 13 heavy (non-hydrogen) atoms. The van der Waals surface area contributed by atoms with Crippen LogP contribution in [0.3, 0.4) is 0 Å². The van der Waals surface area contributed by atoms with Gasteiger partial charge in [-0.3, -0.25) is 0 Å². The quantitative estimate of drug-likeness (QED) is 0.672. The van der Waals surface area contributed by atoms with E-state index in [-0.39, 0.29) is 0 Å². The molecule has 0 aliphatic heterocycles. The second kappa shape index (κ2) is 6.07. The van der Waals surface area contributed by atoms with Gasteiger partial charge in [-0.2, -0.15) is 0 Å². The average molecular weight is 199 g/mol. The lowest BCUT2D eigenvalue weighted by molar-refractivity contribution is 0.649. The van der Waals surface area contributed by atoms with Gasteiger partial charge >= 0.3 is 0 Å². The first kappa shape index (κ1) is 10.6. The van der Waals surface area contributed by atoms with Crippen molar-refractivity contribution in [2.75, 3.05) is 20.1 Å². The van der Waals surface area contributed by atoms with Crippen LogP contribution in [0.2, 0.25) is 0 Å². The van der Waals surface area contributed by atoms with Gasteiger partial charge in [-0.05, 0) is 13.5 Å². The van der Waals surface area contributed by atoms with E-state index in [4.69, 9.17) is 0 Å². The van der Waals surface area contributed by atoms with E-state index in [1.807, 2.05) is 13.2 Å². The Morgan fingerprint density at radius 3 is 2.92 bits per heavy atom. The van der Waals surface area contributed by atoms with E-state index in [0.717, 1.165) is 26.1 Å². The maximum atomic E-state index is 4.32. The Labute approximate surface area is 83.6 Å². The maximum Gasteiger partial charge on any atom is 0.107 e. The highest BCUT2D eigenvalue weighted by Crippen LogP contribution is 2.12. The summed E-state index contributed by atoms with van der Waals surface area (Å²) in [6, 6.07) is 0. The number of hydrogen-bond donors (Lipinski definition) is 2. The van der Waals surface area contributed by atoms with Gasteiger partial charge in [0.2, 0.25) is 0 Å². The molecule has 1 rings (SSSR count). The zero-order chi connectivity index (χ0) is 9.52. The minimum Gasteiger partial charge on any atom is -0.318 e. The highest BCUT2D eigenvalue weighted by molar-refractivity contribution is 7.11. The summed E-state index contributed by atoms with van der Waals surface area (Å²) in [7, 11) is 1.96. The molecule has 2 N–H and O–H groups in total. The van der Waals surface area contributed by atoms with Crippen molar-refractivity contribution in [2.24, 2.45) is 0 Å². The molecule has 1 aromatic rings. The number of nitrogens with one attached hydrogen (secondary N) is 2. The molecule has 0 fully saturated rings. The Morgan fingerprint density at radius 2 is 2.31 bits per heavy atom. The van der Waals surface area contributed by atoms with Crippen LogP contribution in [0, 0.1) is 0 Å². The molecule has 1 aromatic heterocycles. The van der Waals surface area contributed by atoms with Gasteiger partial charge in [0.1, 0.15) is 5.01 Å². The Bertz CT molecular complexity index is 235. The van der Waals surface area contributed by atoms with Crippen molar-refractivity contribution in [3.05, 3.63) is 16.1 Å². The molecule has 4 heteroatoms. The van der Waals surface area contributed by atoms with Crippen molar-refractivity contribution in [3.63, 3.8) is 0 Å². The van der Waals surface area contributed by atoms with Gasteiger partial charge < -0.3 is 10.6 Å². The fourth-order valence-corrected chi connectivity index (χ4v) is 1.83. The highest BCUT2D eigenvalue weighted by atomic mass is 32.1. The first-order chi connectivity index (χ1) is 6.36. The van der Waals surface area contributed by atoms with E-state index in [9.17, 15) is 0 Å². The molecule has 0 unspecified atom stereocenters. The summed E-state index contributed by atoms with van der Waals surface area (Å²) in [6.45, 7) is 5.06. The number of aromatic nitrogens is 1. The number of rotatable bonds is 6. The average Bonchev–Trinajstić information content (AvgIpc) is 2.60. The largest absolute Gasteiger partial charge is 0.318 e. The predicted octanol–water partition coefficient (Wildman–Crippen LogP) is 1.01. The Morgan fingerprint density at radius 1 is 1.46 bits per heavy atom. The fraction of sp³-hybridized carbons (Fsp3) is 0.667. The zero-order valence-electron chi connectivity index (χ0n) is 8.26. The lowest BCUT2D eigenvalue weighted by Gasteiger charge is -2.00. The van der Waals surface area contributed by atoms with Crippen molar-refractivity contribution >= 4 is 11.3 Å². The van der Waals surface area contributed by atoms with Crippen molar-refractivity contribution in [1.82, 2.24) is 15.6 Å². The third-order valence-corrected chi connectivity index (χ3v) is 2.92. The van der Waals surface area contributed by atoms with Gasteiger partial charge in [0.15, 0.2) is 0 Å². The lowest BCUT2D eigenvalue weighted by Crippen LogP contribution is -2.24. The summed E-state index contributed by atoms with van der Waals surface area (Å²) < 4.78 is 0. The SMILES string of the molecule is CCc1cnc(CNCCNC)s1. The molecular weight excluding hydrogens is 182 g/mol. The first-order valence-electron chi connectivity index (χ1n) is 4.65. The summed E-state index contributed by atoms with van der Waals surface area (Å²) in [5.74, 6) is 0. The van der Waals surface area contributed by atoms with E-state index in [2.05, 4.69) is 22.5 Å². The Kier molecular flexibility index (Phi) is 4.97. The summed E-state index contributed by atoms with van der Waals surface area (Å²) in [5.41, 5.74) is 0. The van der Waals surface area contributed by atoms with Crippen LogP contribution in [0.5, 0.6) is 0 Å². The van der Waals surface area contributed by atoms with Crippen LogP contribution in [-0.2, 0) is 13.0 Å². The summed E-state index contributed by atoms with van der Waals surface area (Å²) >= 11 is 1.80. The smallest absolute Gasteiger partial charge is 0.107 e. The second-order valence-electron chi connectivity index (χ2n) is 2.85. The van der Waals surface area contributed by atoms with Crippen LogP contribution in [-0.4, -0.2) is 25.1 Å². The number of likely N-dealkylation sites (N-methyl/N-ethyl adjacent to an activating group) is 1. The summed E-state index contributed by atoms with van der Waals surface area (Å²) in [4.78, 5) is 5.69. The van der Waals surface area contributed by atoms with E-state index in [1.165, 1.54) is 9.88 Å². The molecule has 0 saturated carbocycles. The van der Waals surface area contributed by atoms with Crippen LogP contribution < -0.4 is 10.6 Å². The van der Waals surface area contributed by atoms with Gasteiger partial charge in [-0.25, -0.2) is 4.98 Å². The molecule has 0 atom stereocenters. The van der Waals surface area contributed by atoms with Gasteiger partial charge in [0, 0.05) is 30.7 Å². The van der Waals surface area contributed by atoms with Crippen LogP contribution in [0.15, 0.2) is 6.20 Å². The van der Waals surface area contributed by atoms with Crippen molar-refractivity contribution in [1.29, 1.82) is 0 Å². The lowest BCUT2D eigenvalue weighted by atomic mass is 10.4. The predicted molar refractivity (Wildman–Crippen MR) is 57.1 cm³/mol. The van der Waals surface area contributed by atoms with E-state index in [1.54, 1.807) is 11.3 Å². The second-order valence-corrected chi connectivity index (χ2v) is 4.05. The third kappa shape index (κ3) is 3.85. The molecule has 3 nitrogen and oxygen atoms in total. The standard InChI is InChI=1S/C9H17N3S/c1-3-8-6-12-9(13-8)7-11-5-4-10-2/h6,10-11H,3-5,7H2,1-2H3. The molecule has 0 radical (unpaired) electrons. The minimum absolute atomic E-state index is 0.895. The van der Waals surface area contributed by atoms with Crippen LogP contribution in [0.1, 0.15) is 16.8 Å².